The number of alkyl halides is 3. The SMILES string of the molecule is CCCN(CCC)CCC(=NNC1=Nc2ccc(C(F)(F)F)cc2C(c2ccccc2F)=NC1)C(=O)OC. The van der Waals surface area contributed by atoms with Crippen molar-refractivity contribution in [2.45, 2.75) is 39.3 Å². The maximum Gasteiger partial charge on any atom is 0.416 e. The van der Waals surface area contributed by atoms with Crippen molar-refractivity contribution < 1.29 is 27.1 Å². The quantitative estimate of drug-likeness (QED) is 0.193. The molecule has 0 radical (unpaired) electrons. The molecule has 0 aliphatic carbocycles. The lowest BCUT2D eigenvalue weighted by Gasteiger charge is -2.20. The van der Waals surface area contributed by atoms with Crippen LogP contribution in [-0.2, 0) is 15.7 Å². The van der Waals surface area contributed by atoms with Gasteiger partial charge in [-0.3, -0.25) is 10.4 Å². The van der Waals surface area contributed by atoms with Crippen LogP contribution in [0.2, 0.25) is 0 Å². The maximum atomic E-state index is 14.6. The number of ether oxygens (including phenoxy) is 1. The zero-order chi connectivity index (χ0) is 27.7. The normalized spacial score (nSPS) is 13.9. The smallest absolute Gasteiger partial charge is 0.416 e. The molecule has 0 amide bonds. The molecule has 0 saturated heterocycles. The first-order chi connectivity index (χ1) is 18.2. The molecule has 0 spiro atoms. The van der Waals surface area contributed by atoms with E-state index < -0.39 is 23.5 Å². The summed E-state index contributed by atoms with van der Waals surface area (Å²) in [5.74, 6) is -1.05. The van der Waals surface area contributed by atoms with Gasteiger partial charge < -0.3 is 9.64 Å². The fraction of sp³-hybridized carbons (Fsp3) is 0.407. The number of fused-ring (bicyclic) bond motifs is 1. The molecule has 0 atom stereocenters. The van der Waals surface area contributed by atoms with E-state index in [1.54, 1.807) is 6.07 Å². The number of nitrogens with one attached hydrogen (secondary N) is 1. The summed E-state index contributed by atoms with van der Waals surface area (Å²) in [6.07, 6.45) is -2.34. The van der Waals surface area contributed by atoms with E-state index in [4.69, 9.17) is 4.74 Å². The Morgan fingerprint density at radius 3 is 2.42 bits per heavy atom. The molecule has 11 heteroatoms. The monoisotopic (exact) mass is 533 g/mol. The lowest BCUT2D eigenvalue weighted by atomic mass is 9.98. The molecule has 1 aliphatic heterocycles. The van der Waals surface area contributed by atoms with Crippen molar-refractivity contribution in [3.63, 3.8) is 0 Å². The Kier molecular flexibility index (Phi) is 10.1. The average Bonchev–Trinajstić information content (AvgIpc) is 3.07. The highest BCUT2D eigenvalue weighted by Gasteiger charge is 2.32. The van der Waals surface area contributed by atoms with Crippen LogP contribution in [0.25, 0.3) is 0 Å². The number of carbonyl (C=O) groups excluding carboxylic acids is 1. The molecule has 0 fully saturated rings. The third kappa shape index (κ3) is 7.47. The standard InChI is InChI=1S/C27H31F4N5O2/c1-4-13-36(14-5-2)15-12-23(26(37)38-3)34-35-24-17-32-25(19-8-6-7-9-21(19)28)20-16-18(27(29,30)31)10-11-22(20)33-24/h6-11,16H,4-5,12-15,17H2,1-3H3,(H,33,35). The summed E-state index contributed by atoms with van der Waals surface area (Å²) >= 11 is 0. The van der Waals surface area contributed by atoms with E-state index in [2.05, 4.69) is 39.3 Å². The number of amidine groups is 1. The average molecular weight is 534 g/mol. The molecule has 0 aromatic heterocycles. The van der Waals surface area contributed by atoms with Crippen molar-refractivity contribution >= 4 is 28.9 Å². The van der Waals surface area contributed by atoms with Crippen LogP contribution in [0, 0.1) is 5.82 Å². The summed E-state index contributed by atoms with van der Waals surface area (Å²) in [6, 6.07) is 8.74. The summed E-state index contributed by atoms with van der Waals surface area (Å²) in [4.78, 5) is 23.4. The Morgan fingerprint density at radius 2 is 1.79 bits per heavy atom. The highest BCUT2D eigenvalue weighted by molar-refractivity contribution is 6.36. The molecule has 0 saturated carbocycles. The van der Waals surface area contributed by atoms with Gasteiger partial charge in [-0.05, 0) is 56.3 Å². The van der Waals surface area contributed by atoms with Gasteiger partial charge in [-0.2, -0.15) is 18.3 Å². The van der Waals surface area contributed by atoms with Crippen LogP contribution < -0.4 is 5.43 Å². The van der Waals surface area contributed by atoms with Crippen LogP contribution in [0.1, 0.15) is 49.8 Å². The second kappa shape index (κ2) is 13.3. The van der Waals surface area contributed by atoms with E-state index in [0.717, 1.165) is 38.1 Å². The molecule has 0 bridgehead atoms. The van der Waals surface area contributed by atoms with Crippen LogP contribution in [-0.4, -0.2) is 61.4 Å². The maximum absolute atomic E-state index is 14.6. The van der Waals surface area contributed by atoms with Gasteiger partial charge in [0.05, 0.1) is 30.6 Å². The number of methoxy groups -OCH3 is 1. The Morgan fingerprint density at radius 1 is 1.08 bits per heavy atom. The highest BCUT2D eigenvalue weighted by atomic mass is 19.4. The van der Waals surface area contributed by atoms with Gasteiger partial charge in [0, 0.05) is 24.1 Å². The van der Waals surface area contributed by atoms with Gasteiger partial charge in [-0.25, -0.2) is 14.2 Å². The number of hydrogen-bond donors (Lipinski definition) is 1. The molecule has 1 aliphatic rings. The highest BCUT2D eigenvalue weighted by Crippen LogP contribution is 2.34. The third-order valence-electron chi connectivity index (χ3n) is 5.84. The number of carbonyl (C=O) groups is 1. The Balaban J connectivity index is 1.95. The first-order valence-electron chi connectivity index (χ1n) is 12.4. The fourth-order valence-electron chi connectivity index (χ4n) is 4.05. The molecule has 2 aromatic rings. The van der Waals surface area contributed by atoms with Gasteiger partial charge in [0.1, 0.15) is 17.4 Å². The van der Waals surface area contributed by atoms with Crippen molar-refractivity contribution in [2.24, 2.45) is 15.1 Å². The fourth-order valence-corrected chi connectivity index (χ4v) is 4.05. The van der Waals surface area contributed by atoms with Crippen molar-refractivity contribution in [3.05, 3.63) is 65.0 Å². The van der Waals surface area contributed by atoms with E-state index in [9.17, 15) is 22.4 Å². The van der Waals surface area contributed by atoms with Gasteiger partial charge in [-0.1, -0.05) is 26.0 Å². The number of hydrogen-bond acceptors (Lipinski definition) is 7. The van der Waals surface area contributed by atoms with Crippen molar-refractivity contribution in [1.29, 1.82) is 0 Å². The first-order valence-corrected chi connectivity index (χ1v) is 12.4. The topological polar surface area (TPSA) is 78.6 Å². The third-order valence-corrected chi connectivity index (χ3v) is 5.84. The molecular weight excluding hydrogens is 502 g/mol. The van der Waals surface area contributed by atoms with Crippen LogP contribution >= 0.6 is 0 Å². The zero-order valence-corrected chi connectivity index (χ0v) is 21.6. The minimum Gasteiger partial charge on any atom is -0.464 e. The summed E-state index contributed by atoms with van der Waals surface area (Å²) in [6.45, 7) is 6.39. The van der Waals surface area contributed by atoms with Gasteiger partial charge in [0.15, 0.2) is 0 Å². The number of halogens is 4. The van der Waals surface area contributed by atoms with Gasteiger partial charge in [-0.15, -0.1) is 0 Å². The van der Waals surface area contributed by atoms with E-state index >= 15 is 0 Å². The van der Waals surface area contributed by atoms with E-state index in [-0.39, 0.29) is 40.6 Å². The number of benzene rings is 2. The van der Waals surface area contributed by atoms with Gasteiger partial charge >= 0.3 is 12.1 Å². The molecule has 3 rings (SSSR count). The molecule has 204 valence electrons. The molecule has 1 N–H and O–H groups in total. The van der Waals surface area contributed by atoms with Crippen molar-refractivity contribution in [2.75, 3.05) is 33.3 Å². The van der Waals surface area contributed by atoms with Gasteiger partial charge in [0.25, 0.3) is 0 Å². The van der Waals surface area contributed by atoms with Crippen LogP contribution in [0.5, 0.6) is 0 Å². The van der Waals surface area contributed by atoms with E-state index in [1.165, 1.54) is 31.4 Å². The predicted molar refractivity (Wildman–Crippen MR) is 140 cm³/mol. The lowest BCUT2D eigenvalue weighted by molar-refractivity contribution is -0.137. The molecule has 2 aromatic carbocycles. The summed E-state index contributed by atoms with van der Waals surface area (Å²) in [5.41, 5.74) is 2.26. The summed E-state index contributed by atoms with van der Waals surface area (Å²) < 4.78 is 59.9. The lowest BCUT2D eigenvalue weighted by Crippen LogP contribution is -2.32. The molecule has 1 heterocycles. The molecule has 7 nitrogen and oxygen atoms in total. The minimum atomic E-state index is -4.60. The molecule has 0 unspecified atom stereocenters. The first kappa shape index (κ1) is 29.0. The second-order valence-corrected chi connectivity index (χ2v) is 8.69. The number of esters is 1. The summed E-state index contributed by atoms with van der Waals surface area (Å²) in [5, 5.41) is 4.21. The largest absolute Gasteiger partial charge is 0.464 e. The molecule has 38 heavy (non-hydrogen) atoms. The predicted octanol–water partition coefficient (Wildman–Crippen LogP) is 5.36. The van der Waals surface area contributed by atoms with Gasteiger partial charge in [0.2, 0.25) is 0 Å². The van der Waals surface area contributed by atoms with Crippen LogP contribution in [0.4, 0.5) is 23.2 Å². The zero-order valence-electron chi connectivity index (χ0n) is 21.6. The Hall–Kier alpha value is -3.60. The van der Waals surface area contributed by atoms with E-state index in [0.29, 0.717) is 13.0 Å². The Bertz CT molecular complexity index is 1220. The minimum absolute atomic E-state index is 0.0358. The number of rotatable bonds is 10. The van der Waals surface area contributed by atoms with Crippen molar-refractivity contribution in [1.82, 2.24) is 10.3 Å². The van der Waals surface area contributed by atoms with Crippen LogP contribution in [0.3, 0.4) is 0 Å². The molecular formula is C27H31F4N5O2. The number of nitrogens with zero attached hydrogens (tertiary/aromatic N) is 4. The summed E-state index contributed by atoms with van der Waals surface area (Å²) in [7, 11) is 1.26. The number of hydrazone groups is 1. The van der Waals surface area contributed by atoms with Crippen molar-refractivity contribution in [3.8, 4) is 0 Å². The second-order valence-electron chi connectivity index (χ2n) is 8.69. The Labute approximate surface area is 219 Å². The van der Waals surface area contributed by atoms with E-state index in [1.807, 2.05) is 0 Å². The number of aliphatic imine (C=N–C) groups is 2. The van der Waals surface area contributed by atoms with Crippen LogP contribution in [0.15, 0.2) is 57.6 Å².